The van der Waals surface area contributed by atoms with Crippen molar-refractivity contribution in [1.29, 1.82) is 0 Å². The predicted octanol–water partition coefficient (Wildman–Crippen LogP) is 0.585. The SMILES string of the molecule is CC1CCN(C(=O)CN2CCCCC2C(N)=O)CC1. The molecule has 0 aromatic rings. The molecule has 2 fully saturated rings. The number of piperidine rings is 2. The lowest BCUT2D eigenvalue weighted by Crippen LogP contribution is -2.52. The van der Waals surface area contributed by atoms with Crippen molar-refractivity contribution in [1.82, 2.24) is 9.80 Å². The van der Waals surface area contributed by atoms with Gasteiger partial charge in [0.2, 0.25) is 11.8 Å². The normalized spacial score (nSPS) is 26.4. The maximum Gasteiger partial charge on any atom is 0.236 e. The van der Waals surface area contributed by atoms with E-state index >= 15 is 0 Å². The van der Waals surface area contributed by atoms with E-state index in [1.807, 2.05) is 9.80 Å². The van der Waals surface area contributed by atoms with Crippen LogP contribution in [-0.2, 0) is 9.59 Å². The van der Waals surface area contributed by atoms with Crippen LogP contribution in [0.1, 0.15) is 39.0 Å². The molecule has 1 atom stereocenters. The van der Waals surface area contributed by atoms with Crippen LogP contribution in [0.3, 0.4) is 0 Å². The summed E-state index contributed by atoms with van der Waals surface area (Å²) in [6.07, 6.45) is 5.04. The molecule has 0 aliphatic carbocycles. The molecule has 0 spiro atoms. The van der Waals surface area contributed by atoms with Crippen LogP contribution in [0.15, 0.2) is 0 Å². The van der Waals surface area contributed by atoms with Crippen molar-refractivity contribution in [2.75, 3.05) is 26.2 Å². The topological polar surface area (TPSA) is 66.6 Å². The molecule has 0 aromatic heterocycles. The van der Waals surface area contributed by atoms with Gasteiger partial charge >= 0.3 is 0 Å². The molecule has 5 nitrogen and oxygen atoms in total. The Kier molecular flexibility index (Phi) is 4.80. The van der Waals surface area contributed by atoms with E-state index in [1.54, 1.807) is 0 Å². The minimum absolute atomic E-state index is 0.153. The number of hydrogen-bond donors (Lipinski definition) is 1. The Morgan fingerprint density at radius 2 is 1.79 bits per heavy atom. The van der Waals surface area contributed by atoms with Crippen LogP contribution >= 0.6 is 0 Å². The van der Waals surface area contributed by atoms with Gasteiger partial charge in [0, 0.05) is 13.1 Å². The van der Waals surface area contributed by atoms with Crippen molar-refractivity contribution in [2.45, 2.75) is 45.1 Å². The Bertz CT molecular complexity index is 338. The molecule has 1 unspecified atom stereocenters. The summed E-state index contributed by atoms with van der Waals surface area (Å²) in [5, 5.41) is 0. The molecule has 19 heavy (non-hydrogen) atoms. The highest BCUT2D eigenvalue weighted by molar-refractivity contribution is 5.82. The lowest BCUT2D eigenvalue weighted by Gasteiger charge is -2.36. The average Bonchev–Trinajstić information content (AvgIpc) is 2.39. The summed E-state index contributed by atoms with van der Waals surface area (Å²) in [5.74, 6) is 0.581. The fraction of sp³-hybridized carbons (Fsp3) is 0.857. The van der Waals surface area contributed by atoms with Crippen molar-refractivity contribution >= 4 is 11.8 Å². The molecule has 0 radical (unpaired) electrons. The molecule has 2 saturated heterocycles. The largest absolute Gasteiger partial charge is 0.368 e. The lowest BCUT2D eigenvalue weighted by molar-refractivity contribution is -0.136. The fourth-order valence-electron chi connectivity index (χ4n) is 3.03. The van der Waals surface area contributed by atoms with E-state index < -0.39 is 0 Å². The number of hydrogen-bond acceptors (Lipinski definition) is 3. The first-order valence-electron chi connectivity index (χ1n) is 7.39. The molecule has 0 bridgehead atoms. The smallest absolute Gasteiger partial charge is 0.236 e. The van der Waals surface area contributed by atoms with Crippen LogP contribution in [0.25, 0.3) is 0 Å². The fourth-order valence-corrected chi connectivity index (χ4v) is 3.03. The highest BCUT2D eigenvalue weighted by atomic mass is 16.2. The molecule has 0 aromatic carbocycles. The van der Waals surface area contributed by atoms with Crippen LogP contribution in [0, 0.1) is 5.92 Å². The maximum atomic E-state index is 12.3. The lowest BCUT2D eigenvalue weighted by atomic mass is 9.99. The van der Waals surface area contributed by atoms with Gasteiger partial charge in [-0.15, -0.1) is 0 Å². The molecule has 108 valence electrons. The molecule has 2 aliphatic rings. The number of carbonyl (C=O) groups excluding carboxylic acids is 2. The third-order valence-corrected chi connectivity index (χ3v) is 4.42. The summed E-state index contributed by atoms with van der Waals surface area (Å²) in [7, 11) is 0. The van der Waals surface area contributed by atoms with E-state index in [2.05, 4.69) is 6.92 Å². The number of nitrogens with two attached hydrogens (primary N) is 1. The van der Waals surface area contributed by atoms with Crippen LogP contribution < -0.4 is 5.73 Å². The van der Waals surface area contributed by atoms with Gasteiger partial charge in [-0.1, -0.05) is 13.3 Å². The van der Waals surface area contributed by atoms with Gasteiger partial charge in [-0.25, -0.2) is 0 Å². The summed E-state index contributed by atoms with van der Waals surface area (Å²) in [4.78, 5) is 27.6. The van der Waals surface area contributed by atoms with Crippen LogP contribution in [0.4, 0.5) is 0 Å². The molecule has 2 heterocycles. The van der Waals surface area contributed by atoms with Gasteiger partial charge in [-0.2, -0.15) is 0 Å². The highest BCUT2D eigenvalue weighted by Crippen LogP contribution is 2.19. The van der Waals surface area contributed by atoms with E-state index in [4.69, 9.17) is 5.73 Å². The van der Waals surface area contributed by atoms with Gasteiger partial charge < -0.3 is 10.6 Å². The minimum atomic E-state index is -0.292. The Balaban J connectivity index is 1.88. The number of likely N-dealkylation sites (tertiary alicyclic amines) is 2. The first-order valence-corrected chi connectivity index (χ1v) is 7.39. The highest BCUT2D eigenvalue weighted by Gasteiger charge is 2.30. The zero-order valence-electron chi connectivity index (χ0n) is 11.8. The van der Waals surface area contributed by atoms with Crippen molar-refractivity contribution in [3.05, 3.63) is 0 Å². The molecular formula is C14H25N3O2. The zero-order valence-corrected chi connectivity index (χ0v) is 11.8. The summed E-state index contributed by atoms with van der Waals surface area (Å²) in [6, 6.07) is -0.249. The molecule has 2 rings (SSSR count). The van der Waals surface area contributed by atoms with E-state index in [1.165, 1.54) is 0 Å². The van der Waals surface area contributed by atoms with Gasteiger partial charge in [-0.3, -0.25) is 14.5 Å². The van der Waals surface area contributed by atoms with Crippen LogP contribution in [0.5, 0.6) is 0 Å². The zero-order chi connectivity index (χ0) is 13.8. The third-order valence-electron chi connectivity index (χ3n) is 4.42. The Hall–Kier alpha value is -1.10. The van der Waals surface area contributed by atoms with Crippen molar-refractivity contribution < 1.29 is 9.59 Å². The number of amides is 2. The van der Waals surface area contributed by atoms with Crippen molar-refractivity contribution in [3.63, 3.8) is 0 Å². The first-order chi connectivity index (χ1) is 9.08. The summed E-state index contributed by atoms with van der Waals surface area (Å²) >= 11 is 0. The quantitative estimate of drug-likeness (QED) is 0.813. The monoisotopic (exact) mass is 267 g/mol. The van der Waals surface area contributed by atoms with Gasteiger partial charge in [0.05, 0.1) is 12.6 Å². The molecule has 2 aliphatic heterocycles. The van der Waals surface area contributed by atoms with Crippen LogP contribution in [0.2, 0.25) is 0 Å². The minimum Gasteiger partial charge on any atom is -0.368 e. The van der Waals surface area contributed by atoms with Crippen molar-refractivity contribution in [2.24, 2.45) is 11.7 Å². The number of rotatable bonds is 3. The van der Waals surface area contributed by atoms with E-state index in [9.17, 15) is 9.59 Å². The van der Waals surface area contributed by atoms with Gasteiger partial charge in [-0.05, 0) is 38.1 Å². The Labute approximate surface area is 115 Å². The van der Waals surface area contributed by atoms with E-state index in [0.717, 1.165) is 57.7 Å². The number of carbonyl (C=O) groups is 2. The molecule has 5 heteroatoms. The molecular weight excluding hydrogens is 242 g/mol. The Morgan fingerprint density at radius 3 is 2.42 bits per heavy atom. The number of primary amides is 1. The predicted molar refractivity (Wildman–Crippen MR) is 73.4 cm³/mol. The van der Waals surface area contributed by atoms with Crippen LogP contribution in [-0.4, -0.2) is 53.8 Å². The first kappa shape index (κ1) is 14.3. The standard InChI is InChI=1S/C14H25N3O2/c1-11-5-8-16(9-6-11)13(18)10-17-7-3-2-4-12(17)14(15)19/h11-12H,2-10H2,1H3,(H2,15,19). The molecule has 0 saturated carbocycles. The second-order valence-electron chi connectivity index (χ2n) is 5.95. The van der Waals surface area contributed by atoms with Gasteiger partial charge in [0.25, 0.3) is 0 Å². The average molecular weight is 267 g/mol. The second-order valence-corrected chi connectivity index (χ2v) is 5.95. The summed E-state index contributed by atoms with van der Waals surface area (Å²) in [5.41, 5.74) is 5.42. The van der Waals surface area contributed by atoms with E-state index in [-0.39, 0.29) is 17.9 Å². The van der Waals surface area contributed by atoms with E-state index in [0.29, 0.717) is 6.54 Å². The molecule has 2 N–H and O–H groups in total. The number of nitrogens with zero attached hydrogens (tertiary/aromatic N) is 2. The second kappa shape index (κ2) is 6.37. The third kappa shape index (κ3) is 3.69. The van der Waals surface area contributed by atoms with Gasteiger partial charge in [0.15, 0.2) is 0 Å². The molecule has 2 amide bonds. The Morgan fingerprint density at radius 1 is 1.11 bits per heavy atom. The maximum absolute atomic E-state index is 12.3. The van der Waals surface area contributed by atoms with Gasteiger partial charge in [0.1, 0.15) is 0 Å². The summed E-state index contributed by atoms with van der Waals surface area (Å²) < 4.78 is 0. The summed E-state index contributed by atoms with van der Waals surface area (Å²) in [6.45, 7) is 5.10. The van der Waals surface area contributed by atoms with Crippen molar-refractivity contribution in [3.8, 4) is 0 Å².